The Bertz CT molecular complexity index is 447. The molecule has 0 fully saturated rings. The van der Waals surface area contributed by atoms with E-state index in [9.17, 15) is 0 Å². The normalized spacial score (nSPS) is 10.9. The van der Waals surface area contributed by atoms with E-state index in [1.54, 1.807) is 11.3 Å². The van der Waals surface area contributed by atoms with Gasteiger partial charge in [-0.05, 0) is 32.9 Å². The lowest BCUT2D eigenvalue weighted by atomic mass is 10.4. The first kappa shape index (κ1) is 12.3. The monoisotopic (exact) mass is 250 g/mol. The Hall–Kier alpha value is -1.20. The standard InChI is InChI=1S/C12H18N4S/c1-10-8-11(2)16(15-10)6-3-4-13-9-12-14-5-7-17-12/h5,7-8,13H,3-4,6,9H2,1-2H3. The van der Waals surface area contributed by atoms with Crippen molar-refractivity contribution in [2.45, 2.75) is 33.4 Å². The van der Waals surface area contributed by atoms with Crippen LogP contribution in [0.1, 0.15) is 22.8 Å². The molecule has 1 N–H and O–H groups in total. The fourth-order valence-corrected chi connectivity index (χ4v) is 2.38. The summed E-state index contributed by atoms with van der Waals surface area (Å²) in [6, 6.07) is 2.11. The van der Waals surface area contributed by atoms with Gasteiger partial charge in [-0.3, -0.25) is 4.68 Å². The minimum Gasteiger partial charge on any atom is -0.310 e. The quantitative estimate of drug-likeness (QED) is 0.799. The molecule has 2 rings (SSSR count). The van der Waals surface area contributed by atoms with Crippen LogP contribution in [-0.2, 0) is 13.1 Å². The zero-order valence-electron chi connectivity index (χ0n) is 10.3. The highest BCUT2D eigenvalue weighted by Crippen LogP contribution is 2.04. The molecule has 0 spiro atoms. The predicted molar refractivity (Wildman–Crippen MR) is 70.1 cm³/mol. The van der Waals surface area contributed by atoms with Crippen LogP contribution in [0.25, 0.3) is 0 Å². The van der Waals surface area contributed by atoms with Crippen molar-refractivity contribution >= 4 is 11.3 Å². The van der Waals surface area contributed by atoms with Crippen molar-refractivity contribution in [2.24, 2.45) is 0 Å². The second-order valence-corrected chi connectivity index (χ2v) is 5.09. The third-order valence-corrected chi connectivity index (χ3v) is 3.37. The highest BCUT2D eigenvalue weighted by molar-refractivity contribution is 7.09. The van der Waals surface area contributed by atoms with Crippen LogP contribution in [0, 0.1) is 13.8 Å². The lowest BCUT2D eigenvalue weighted by Crippen LogP contribution is -2.17. The molecule has 2 heterocycles. The Morgan fingerprint density at radius 2 is 2.29 bits per heavy atom. The van der Waals surface area contributed by atoms with E-state index in [2.05, 4.69) is 33.1 Å². The van der Waals surface area contributed by atoms with Crippen molar-refractivity contribution in [1.82, 2.24) is 20.1 Å². The van der Waals surface area contributed by atoms with Gasteiger partial charge in [0, 0.05) is 30.4 Å². The topological polar surface area (TPSA) is 42.7 Å². The minimum absolute atomic E-state index is 0.870. The molecule has 0 saturated carbocycles. The zero-order chi connectivity index (χ0) is 12.1. The van der Waals surface area contributed by atoms with E-state index >= 15 is 0 Å². The average molecular weight is 250 g/mol. The Morgan fingerprint density at radius 3 is 2.94 bits per heavy atom. The maximum Gasteiger partial charge on any atom is 0.106 e. The number of aryl methyl sites for hydroxylation is 3. The van der Waals surface area contributed by atoms with Gasteiger partial charge in [-0.1, -0.05) is 0 Å². The Kier molecular flexibility index (Phi) is 4.28. The van der Waals surface area contributed by atoms with Crippen LogP contribution in [0.2, 0.25) is 0 Å². The molecule has 0 aliphatic heterocycles. The average Bonchev–Trinajstić information content (AvgIpc) is 2.89. The zero-order valence-corrected chi connectivity index (χ0v) is 11.1. The van der Waals surface area contributed by atoms with Crippen molar-refractivity contribution in [1.29, 1.82) is 0 Å². The summed E-state index contributed by atoms with van der Waals surface area (Å²) in [4.78, 5) is 4.23. The van der Waals surface area contributed by atoms with Crippen molar-refractivity contribution in [2.75, 3.05) is 6.54 Å². The second-order valence-electron chi connectivity index (χ2n) is 4.11. The molecular weight excluding hydrogens is 232 g/mol. The smallest absolute Gasteiger partial charge is 0.106 e. The van der Waals surface area contributed by atoms with Crippen molar-refractivity contribution in [3.05, 3.63) is 34.0 Å². The van der Waals surface area contributed by atoms with Gasteiger partial charge < -0.3 is 5.32 Å². The minimum atomic E-state index is 0.870. The fraction of sp³-hybridized carbons (Fsp3) is 0.500. The summed E-state index contributed by atoms with van der Waals surface area (Å²) in [7, 11) is 0. The predicted octanol–water partition coefficient (Wildman–Crippen LogP) is 2.14. The summed E-state index contributed by atoms with van der Waals surface area (Å²) >= 11 is 1.69. The molecule has 0 radical (unpaired) electrons. The van der Waals surface area contributed by atoms with Gasteiger partial charge in [-0.2, -0.15) is 5.10 Å². The molecule has 17 heavy (non-hydrogen) atoms. The number of nitrogens with zero attached hydrogens (tertiary/aromatic N) is 3. The van der Waals surface area contributed by atoms with Gasteiger partial charge in [0.15, 0.2) is 0 Å². The lowest BCUT2D eigenvalue weighted by molar-refractivity contribution is 0.532. The van der Waals surface area contributed by atoms with E-state index in [4.69, 9.17) is 0 Å². The molecule has 0 saturated heterocycles. The van der Waals surface area contributed by atoms with Crippen LogP contribution in [0.15, 0.2) is 17.6 Å². The van der Waals surface area contributed by atoms with E-state index in [1.807, 2.05) is 18.5 Å². The first-order chi connectivity index (χ1) is 8.25. The van der Waals surface area contributed by atoms with Crippen LogP contribution in [0.5, 0.6) is 0 Å². The molecule has 5 heteroatoms. The summed E-state index contributed by atoms with van der Waals surface area (Å²) in [5.41, 5.74) is 2.33. The van der Waals surface area contributed by atoms with Gasteiger partial charge in [0.2, 0.25) is 0 Å². The first-order valence-corrected chi connectivity index (χ1v) is 6.74. The molecule has 0 aromatic carbocycles. The summed E-state index contributed by atoms with van der Waals surface area (Å²) in [5.74, 6) is 0. The van der Waals surface area contributed by atoms with E-state index in [0.717, 1.165) is 36.8 Å². The number of hydrogen-bond donors (Lipinski definition) is 1. The van der Waals surface area contributed by atoms with Crippen LogP contribution in [0.4, 0.5) is 0 Å². The summed E-state index contributed by atoms with van der Waals surface area (Å²) in [6.45, 7) is 6.98. The molecular formula is C12H18N4S. The summed E-state index contributed by atoms with van der Waals surface area (Å²) in [5, 5.41) is 11.0. The third kappa shape index (κ3) is 3.64. The third-order valence-electron chi connectivity index (χ3n) is 2.59. The summed E-state index contributed by atoms with van der Waals surface area (Å²) < 4.78 is 2.07. The van der Waals surface area contributed by atoms with E-state index in [1.165, 1.54) is 5.69 Å². The van der Waals surface area contributed by atoms with Gasteiger partial charge in [0.25, 0.3) is 0 Å². The van der Waals surface area contributed by atoms with Crippen LogP contribution in [0.3, 0.4) is 0 Å². The summed E-state index contributed by atoms with van der Waals surface area (Å²) in [6.07, 6.45) is 2.94. The molecule has 0 bridgehead atoms. The molecule has 0 unspecified atom stereocenters. The Balaban J connectivity index is 1.65. The van der Waals surface area contributed by atoms with Crippen molar-refractivity contribution in [3.8, 4) is 0 Å². The van der Waals surface area contributed by atoms with Crippen molar-refractivity contribution < 1.29 is 0 Å². The fourth-order valence-electron chi connectivity index (χ4n) is 1.79. The number of aromatic nitrogens is 3. The first-order valence-electron chi connectivity index (χ1n) is 5.86. The molecule has 2 aromatic heterocycles. The number of nitrogens with one attached hydrogen (secondary N) is 1. The SMILES string of the molecule is Cc1cc(C)n(CCCNCc2nccs2)n1. The number of thiazole rings is 1. The van der Waals surface area contributed by atoms with Crippen molar-refractivity contribution in [3.63, 3.8) is 0 Å². The maximum atomic E-state index is 4.44. The Morgan fingerprint density at radius 1 is 1.41 bits per heavy atom. The molecule has 0 atom stereocenters. The molecule has 0 aliphatic carbocycles. The number of rotatable bonds is 6. The second kappa shape index (κ2) is 5.93. The highest BCUT2D eigenvalue weighted by atomic mass is 32.1. The molecule has 2 aromatic rings. The van der Waals surface area contributed by atoms with Gasteiger partial charge in [0.05, 0.1) is 5.69 Å². The Labute approximate surface area is 106 Å². The van der Waals surface area contributed by atoms with E-state index in [-0.39, 0.29) is 0 Å². The molecule has 4 nitrogen and oxygen atoms in total. The number of hydrogen-bond acceptors (Lipinski definition) is 4. The van der Waals surface area contributed by atoms with Gasteiger partial charge in [-0.15, -0.1) is 11.3 Å². The van der Waals surface area contributed by atoms with E-state index in [0.29, 0.717) is 0 Å². The molecule has 0 aliphatic rings. The van der Waals surface area contributed by atoms with Gasteiger partial charge in [0.1, 0.15) is 5.01 Å². The van der Waals surface area contributed by atoms with Gasteiger partial charge >= 0.3 is 0 Å². The highest BCUT2D eigenvalue weighted by Gasteiger charge is 2.00. The molecule has 0 amide bonds. The van der Waals surface area contributed by atoms with Gasteiger partial charge in [-0.25, -0.2) is 4.98 Å². The van der Waals surface area contributed by atoms with Crippen LogP contribution < -0.4 is 5.32 Å². The van der Waals surface area contributed by atoms with Crippen LogP contribution in [-0.4, -0.2) is 21.3 Å². The van der Waals surface area contributed by atoms with E-state index < -0.39 is 0 Å². The van der Waals surface area contributed by atoms with Crippen LogP contribution >= 0.6 is 11.3 Å². The molecule has 92 valence electrons. The maximum absolute atomic E-state index is 4.44. The largest absolute Gasteiger partial charge is 0.310 e. The lowest BCUT2D eigenvalue weighted by Gasteiger charge is -2.05.